The quantitative estimate of drug-likeness (QED) is 0.336. The summed E-state index contributed by atoms with van der Waals surface area (Å²) in [6.45, 7) is 0. The Morgan fingerprint density at radius 2 is 1.84 bits per heavy atom. The fraction of sp³-hybridized carbons (Fsp3) is 0. The van der Waals surface area contributed by atoms with Crippen LogP contribution in [0.15, 0.2) is 52.4 Å². The fourth-order valence-electron chi connectivity index (χ4n) is 2.03. The van der Waals surface area contributed by atoms with E-state index in [-0.39, 0.29) is 23.1 Å². The van der Waals surface area contributed by atoms with Gasteiger partial charge in [-0.3, -0.25) is 14.9 Å². The lowest BCUT2D eigenvalue weighted by molar-refractivity contribution is -0.384. The molecule has 1 aliphatic rings. The van der Waals surface area contributed by atoms with Gasteiger partial charge in [0.2, 0.25) is 0 Å². The van der Waals surface area contributed by atoms with Crippen LogP contribution in [0.3, 0.4) is 0 Å². The van der Waals surface area contributed by atoms with Crippen LogP contribution in [0, 0.1) is 10.1 Å². The number of non-ortho nitro benzene ring substituents is 1. The zero-order valence-corrected chi connectivity index (χ0v) is 13.4. The third-order valence-corrected chi connectivity index (χ3v) is 4.15. The molecule has 126 valence electrons. The Morgan fingerprint density at radius 3 is 2.48 bits per heavy atom. The van der Waals surface area contributed by atoms with E-state index in [4.69, 9.17) is 0 Å². The lowest BCUT2D eigenvalue weighted by Crippen LogP contribution is -2.19. The highest BCUT2D eigenvalue weighted by molar-refractivity contribution is 8.18. The maximum atomic E-state index is 12.0. The van der Waals surface area contributed by atoms with Crippen molar-refractivity contribution in [2.75, 3.05) is 0 Å². The summed E-state index contributed by atoms with van der Waals surface area (Å²) in [5.41, 5.74) is 0.973. The van der Waals surface area contributed by atoms with Crippen LogP contribution < -0.4 is 5.32 Å². The number of phenols is 2. The molecule has 1 amide bonds. The van der Waals surface area contributed by atoms with Crippen LogP contribution in [0.25, 0.3) is 6.08 Å². The molecule has 0 atom stereocenters. The molecule has 3 rings (SSSR count). The lowest BCUT2D eigenvalue weighted by Gasteiger charge is -1.99. The zero-order chi connectivity index (χ0) is 18.0. The standard InChI is InChI=1S/C16H11N3O5S/c20-12-6-1-9(7-13(12)21)8-14-15(22)18-16(25-14)17-10-2-4-11(5-3-10)19(23)24/h1-8,20-21H,(H,17,18,22)/b14-8-. The molecular formula is C16H11N3O5S. The molecule has 0 aromatic heterocycles. The number of nitro groups is 1. The van der Waals surface area contributed by atoms with Gasteiger partial charge in [0.05, 0.1) is 15.5 Å². The van der Waals surface area contributed by atoms with Gasteiger partial charge in [-0.05, 0) is 47.7 Å². The first kappa shape index (κ1) is 16.5. The average molecular weight is 357 g/mol. The molecule has 0 aliphatic carbocycles. The first-order valence-corrected chi connectivity index (χ1v) is 7.80. The number of hydrogen-bond donors (Lipinski definition) is 3. The Balaban J connectivity index is 1.80. The molecule has 8 nitrogen and oxygen atoms in total. The maximum absolute atomic E-state index is 12.0. The molecule has 0 unspecified atom stereocenters. The Hall–Kier alpha value is -3.33. The molecular weight excluding hydrogens is 346 g/mol. The molecule has 2 aromatic rings. The van der Waals surface area contributed by atoms with Crippen molar-refractivity contribution in [3.05, 3.63) is 63.0 Å². The van der Waals surface area contributed by atoms with Crippen molar-refractivity contribution in [1.29, 1.82) is 0 Å². The van der Waals surface area contributed by atoms with E-state index < -0.39 is 4.92 Å². The van der Waals surface area contributed by atoms with Gasteiger partial charge in [-0.15, -0.1) is 0 Å². The van der Waals surface area contributed by atoms with Gasteiger partial charge < -0.3 is 15.5 Å². The topological polar surface area (TPSA) is 125 Å². The summed E-state index contributed by atoms with van der Waals surface area (Å²) in [5, 5.41) is 32.4. The van der Waals surface area contributed by atoms with Gasteiger partial charge in [0, 0.05) is 12.1 Å². The van der Waals surface area contributed by atoms with Crippen LogP contribution in [0.2, 0.25) is 0 Å². The summed E-state index contributed by atoms with van der Waals surface area (Å²) >= 11 is 1.10. The number of nitrogens with one attached hydrogen (secondary N) is 1. The third-order valence-electron chi connectivity index (χ3n) is 3.24. The zero-order valence-electron chi connectivity index (χ0n) is 12.5. The first-order chi connectivity index (χ1) is 11.9. The van der Waals surface area contributed by atoms with Crippen LogP contribution in [0.5, 0.6) is 11.5 Å². The Bertz CT molecular complexity index is 922. The van der Waals surface area contributed by atoms with Crippen molar-refractivity contribution >= 4 is 40.3 Å². The number of nitro benzene ring substituents is 1. The van der Waals surface area contributed by atoms with E-state index in [2.05, 4.69) is 10.3 Å². The molecule has 1 heterocycles. The predicted molar refractivity (Wildman–Crippen MR) is 93.7 cm³/mol. The molecule has 0 spiro atoms. The van der Waals surface area contributed by atoms with E-state index in [0.717, 1.165) is 11.8 Å². The Morgan fingerprint density at radius 1 is 1.12 bits per heavy atom. The van der Waals surface area contributed by atoms with Gasteiger partial charge in [-0.2, -0.15) is 0 Å². The van der Waals surface area contributed by atoms with Crippen molar-refractivity contribution < 1.29 is 19.9 Å². The van der Waals surface area contributed by atoms with Gasteiger partial charge in [0.15, 0.2) is 16.7 Å². The first-order valence-electron chi connectivity index (χ1n) is 6.98. The highest BCUT2D eigenvalue weighted by Gasteiger charge is 2.24. The summed E-state index contributed by atoms with van der Waals surface area (Å²) < 4.78 is 0. The molecule has 0 bridgehead atoms. The average Bonchev–Trinajstić information content (AvgIpc) is 2.91. The predicted octanol–water partition coefficient (Wildman–Crippen LogP) is 2.90. The van der Waals surface area contributed by atoms with Gasteiger partial charge >= 0.3 is 0 Å². The number of hydrogen-bond acceptors (Lipinski definition) is 7. The Labute approximate surface area is 145 Å². The highest BCUT2D eigenvalue weighted by atomic mass is 32.2. The number of amides is 1. The van der Waals surface area contributed by atoms with E-state index in [0.29, 0.717) is 21.3 Å². The third kappa shape index (κ3) is 3.78. The second-order valence-corrected chi connectivity index (χ2v) is 6.03. The van der Waals surface area contributed by atoms with E-state index in [9.17, 15) is 25.1 Å². The molecule has 1 fully saturated rings. The van der Waals surface area contributed by atoms with Crippen molar-refractivity contribution in [2.45, 2.75) is 0 Å². The number of carbonyl (C=O) groups is 1. The summed E-state index contributed by atoms with van der Waals surface area (Å²) in [5.74, 6) is -0.873. The summed E-state index contributed by atoms with van der Waals surface area (Å²) in [4.78, 5) is 26.7. The van der Waals surface area contributed by atoms with Crippen LogP contribution in [0.1, 0.15) is 5.56 Å². The van der Waals surface area contributed by atoms with Crippen LogP contribution in [-0.2, 0) is 4.79 Å². The molecule has 3 N–H and O–H groups in total. The number of benzene rings is 2. The number of phenolic OH excluding ortho intramolecular Hbond substituents is 2. The molecule has 25 heavy (non-hydrogen) atoms. The minimum absolute atomic E-state index is 0.0419. The van der Waals surface area contributed by atoms with E-state index in [1.165, 1.54) is 36.4 Å². The second kappa shape index (κ2) is 6.65. The highest BCUT2D eigenvalue weighted by Crippen LogP contribution is 2.31. The number of rotatable bonds is 3. The van der Waals surface area contributed by atoms with Crippen molar-refractivity contribution in [2.24, 2.45) is 4.99 Å². The van der Waals surface area contributed by atoms with Gasteiger partial charge in [-0.25, -0.2) is 4.99 Å². The minimum atomic E-state index is -0.503. The summed E-state index contributed by atoms with van der Waals surface area (Å²) in [7, 11) is 0. The molecule has 2 aromatic carbocycles. The van der Waals surface area contributed by atoms with Gasteiger partial charge in [-0.1, -0.05) is 6.07 Å². The number of thioether (sulfide) groups is 1. The number of carbonyl (C=O) groups excluding carboxylic acids is 1. The van der Waals surface area contributed by atoms with Gasteiger partial charge in [0.1, 0.15) is 0 Å². The van der Waals surface area contributed by atoms with Crippen LogP contribution in [-0.4, -0.2) is 26.2 Å². The molecule has 1 aliphatic heterocycles. The molecule has 1 saturated heterocycles. The van der Waals surface area contributed by atoms with Gasteiger partial charge in [0.25, 0.3) is 11.6 Å². The summed E-state index contributed by atoms with van der Waals surface area (Å²) in [6, 6.07) is 9.84. The van der Waals surface area contributed by atoms with Crippen LogP contribution in [0.4, 0.5) is 11.4 Å². The largest absolute Gasteiger partial charge is 0.504 e. The monoisotopic (exact) mass is 357 g/mol. The van der Waals surface area contributed by atoms with E-state index >= 15 is 0 Å². The molecule has 9 heteroatoms. The van der Waals surface area contributed by atoms with Crippen molar-refractivity contribution in [1.82, 2.24) is 5.32 Å². The fourth-order valence-corrected chi connectivity index (χ4v) is 2.87. The second-order valence-electron chi connectivity index (χ2n) is 5.00. The van der Waals surface area contributed by atoms with Crippen LogP contribution >= 0.6 is 11.8 Å². The maximum Gasteiger partial charge on any atom is 0.269 e. The SMILES string of the molecule is O=C1NC(=Nc2ccc([N+](=O)[O-])cc2)S/C1=C\c1ccc(O)c(O)c1. The number of aliphatic imine (C=N–C) groups is 1. The molecule has 0 saturated carbocycles. The molecule has 0 radical (unpaired) electrons. The number of nitrogens with zero attached hydrogens (tertiary/aromatic N) is 2. The smallest absolute Gasteiger partial charge is 0.269 e. The van der Waals surface area contributed by atoms with E-state index in [1.54, 1.807) is 12.1 Å². The summed E-state index contributed by atoms with van der Waals surface area (Å²) in [6.07, 6.45) is 1.55. The normalized spacial score (nSPS) is 17.0. The number of aromatic hydroxyl groups is 2. The lowest BCUT2D eigenvalue weighted by atomic mass is 10.2. The van der Waals surface area contributed by atoms with Crippen molar-refractivity contribution in [3.63, 3.8) is 0 Å². The van der Waals surface area contributed by atoms with E-state index in [1.807, 2.05) is 0 Å². The van der Waals surface area contributed by atoms with Crippen molar-refractivity contribution in [3.8, 4) is 11.5 Å². The number of amidine groups is 1. The Kier molecular flexibility index (Phi) is 4.40. The minimum Gasteiger partial charge on any atom is -0.504 e.